The molecule has 156 valence electrons. The van der Waals surface area contributed by atoms with Crippen molar-refractivity contribution in [3.63, 3.8) is 0 Å². The zero-order valence-corrected chi connectivity index (χ0v) is 17.4. The summed E-state index contributed by atoms with van der Waals surface area (Å²) in [7, 11) is 1.86. The molecule has 6 heteroatoms. The third-order valence-corrected chi connectivity index (χ3v) is 6.49. The topological polar surface area (TPSA) is 61.6 Å². The van der Waals surface area contributed by atoms with Crippen LogP contribution in [0.15, 0.2) is 48.7 Å². The molecular weight excluding hydrogens is 376 g/mol. The smallest absolute Gasteiger partial charge is 0.274 e. The van der Waals surface area contributed by atoms with Gasteiger partial charge in [-0.3, -0.25) is 14.4 Å². The fourth-order valence-electron chi connectivity index (χ4n) is 4.98. The minimum Gasteiger partial charge on any atom is -0.392 e. The molecule has 2 saturated heterocycles. The Bertz CT molecular complexity index is 1070. The maximum absolute atomic E-state index is 13.3. The van der Waals surface area contributed by atoms with Gasteiger partial charge in [0.2, 0.25) is 0 Å². The first-order valence-corrected chi connectivity index (χ1v) is 10.8. The fraction of sp³-hybridized carbons (Fsp3) is 0.417. The predicted molar refractivity (Wildman–Crippen MR) is 116 cm³/mol. The van der Waals surface area contributed by atoms with Crippen molar-refractivity contribution in [2.24, 2.45) is 7.05 Å². The van der Waals surface area contributed by atoms with Crippen LogP contribution in [0, 0.1) is 0 Å². The van der Waals surface area contributed by atoms with E-state index >= 15 is 0 Å². The lowest BCUT2D eigenvalue weighted by molar-refractivity contribution is 0.0782. The van der Waals surface area contributed by atoms with E-state index in [1.807, 2.05) is 18.1 Å². The van der Waals surface area contributed by atoms with E-state index in [0.29, 0.717) is 24.7 Å². The van der Waals surface area contributed by atoms with Crippen molar-refractivity contribution >= 4 is 16.7 Å². The largest absolute Gasteiger partial charge is 0.392 e. The van der Waals surface area contributed by atoms with E-state index in [9.17, 15) is 9.90 Å². The summed E-state index contributed by atoms with van der Waals surface area (Å²) < 4.78 is 1.73. The van der Waals surface area contributed by atoms with Gasteiger partial charge < -0.3 is 10.0 Å². The second-order valence-corrected chi connectivity index (χ2v) is 8.66. The zero-order valence-electron chi connectivity index (χ0n) is 17.4. The molecule has 0 spiro atoms. The van der Waals surface area contributed by atoms with Crippen LogP contribution in [0.1, 0.15) is 40.4 Å². The van der Waals surface area contributed by atoms with Crippen molar-refractivity contribution in [2.75, 3.05) is 26.2 Å². The van der Waals surface area contributed by atoms with E-state index in [0.717, 1.165) is 38.0 Å². The molecule has 30 heavy (non-hydrogen) atoms. The fourth-order valence-corrected chi connectivity index (χ4v) is 4.98. The second kappa shape index (κ2) is 7.85. The maximum atomic E-state index is 13.3. The summed E-state index contributed by atoms with van der Waals surface area (Å²) >= 11 is 0. The van der Waals surface area contributed by atoms with Crippen LogP contribution in [0.3, 0.4) is 0 Å². The molecule has 2 aromatic carbocycles. The van der Waals surface area contributed by atoms with Crippen molar-refractivity contribution in [1.82, 2.24) is 19.6 Å². The number of aliphatic hydroxyl groups is 1. The number of carbonyl (C=O) groups excluding carboxylic acids is 1. The number of rotatable bonds is 4. The Labute approximate surface area is 176 Å². The highest BCUT2D eigenvalue weighted by Crippen LogP contribution is 2.33. The molecule has 1 amide bonds. The van der Waals surface area contributed by atoms with Crippen LogP contribution in [0.4, 0.5) is 0 Å². The number of benzene rings is 2. The third kappa shape index (κ3) is 3.61. The summed E-state index contributed by atoms with van der Waals surface area (Å²) in [6.07, 6.45) is 3.44. The number of β-amino-alcohol motifs (C(OH)–C–C–N with tert-alkyl or cyclic N) is 1. The van der Waals surface area contributed by atoms with Gasteiger partial charge in [0.05, 0.1) is 6.10 Å². The van der Waals surface area contributed by atoms with Crippen molar-refractivity contribution in [3.8, 4) is 0 Å². The van der Waals surface area contributed by atoms with Gasteiger partial charge in [-0.1, -0.05) is 42.5 Å². The molecule has 1 N–H and O–H groups in total. The van der Waals surface area contributed by atoms with Crippen LogP contribution < -0.4 is 0 Å². The van der Waals surface area contributed by atoms with Gasteiger partial charge in [0, 0.05) is 57.4 Å². The Morgan fingerprint density at radius 1 is 1.10 bits per heavy atom. The minimum atomic E-state index is -0.263. The molecule has 1 aromatic heterocycles. The summed E-state index contributed by atoms with van der Waals surface area (Å²) in [6, 6.07) is 14.9. The molecule has 0 saturated carbocycles. The number of hydrogen-bond acceptors (Lipinski definition) is 4. The molecular formula is C24H28N4O2. The number of hydrogen-bond donors (Lipinski definition) is 1. The zero-order chi connectivity index (χ0) is 20.7. The Hall–Kier alpha value is -2.70. The minimum absolute atomic E-state index is 0.0214. The lowest BCUT2D eigenvalue weighted by atomic mass is 9.93. The molecule has 3 aromatic rings. The third-order valence-electron chi connectivity index (χ3n) is 6.49. The highest BCUT2D eigenvalue weighted by Gasteiger charge is 2.32. The molecule has 6 nitrogen and oxygen atoms in total. The number of aromatic nitrogens is 2. The second-order valence-electron chi connectivity index (χ2n) is 8.66. The number of nitrogens with zero attached hydrogens (tertiary/aromatic N) is 4. The predicted octanol–water partition coefficient (Wildman–Crippen LogP) is 2.77. The number of fused-ring (bicyclic) bond motifs is 1. The van der Waals surface area contributed by atoms with Gasteiger partial charge in [-0.25, -0.2) is 0 Å². The molecule has 5 rings (SSSR count). The van der Waals surface area contributed by atoms with Crippen molar-refractivity contribution in [2.45, 2.75) is 31.4 Å². The quantitative estimate of drug-likeness (QED) is 0.726. The first-order chi connectivity index (χ1) is 14.6. The number of carbonyl (C=O) groups is 1. The van der Waals surface area contributed by atoms with Crippen LogP contribution >= 0.6 is 0 Å². The van der Waals surface area contributed by atoms with Gasteiger partial charge in [-0.2, -0.15) is 5.10 Å². The molecule has 2 fully saturated rings. The Morgan fingerprint density at radius 3 is 2.77 bits per heavy atom. The first kappa shape index (κ1) is 19.3. The number of likely N-dealkylation sites (tertiary alicyclic amines) is 2. The van der Waals surface area contributed by atoms with Crippen LogP contribution in [0.2, 0.25) is 0 Å². The SMILES string of the molecule is Cn1cc(CN2CCC(O)C2)c(C(=O)N2CCC(c3cccc4ccccc34)C2)n1. The van der Waals surface area contributed by atoms with E-state index in [1.54, 1.807) is 4.68 Å². The van der Waals surface area contributed by atoms with E-state index < -0.39 is 0 Å². The van der Waals surface area contributed by atoms with Gasteiger partial charge in [0.1, 0.15) is 0 Å². The Morgan fingerprint density at radius 2 is 1.93 bits per heavy atom. The monoisotopic (exact) mass is 404 g/mol. The summed E-state index contributed by atoms with van der Waals surface area (Å²) in [5.74, 6) is 0.369. The van der Waals surface area contributed by atoms with Crippen LogP contribution in [-0.2, 0) is 13.6 Å². The van der Waals surface area contributed by atoms with Crippen molar-refractivity contribution in [1.29, 1.82) is 0 Å². The van der Waals surface area contributed by atoms with E-state index in [2.05, 4.69) is 52.5 Å². The van der Waals surface area contributed by atoms with Crippen molar-refractivity contribution in [3.05, 3.63) is 65.5 Å². The van der Waals surface area contributed by atoms with Gasteiger partial charge >= 0.3 is 0 Å². The van der Waals surface area contributed by atoms with E-state index in [1.165, 1.54) is 16.3 Å². The number of amides is 1. The number of aliphatic hydroxyl groups excluding tert-OH is 1. The molecule has 2 unspecified atom stereocenters. The summed E-state index contributed by atoms with van der Waals surface area (Å²) in [6.45, 7) is 3.66. The van der Waals surface area contributed by atoms with Gasteiger partial charge in [-0.05, 0) is 29.2 Å². The highest BCUT2D eigenvalue weighted by molar-refractivity contribution is 5.94. The van der Waals surface area contributed by atoms with Gasteiger partial charge in [0.15, 0.2) is 5.69 Å². The Balaban J connectivity index is 1.34. The van der Waals surface area contributed by atoms with E-state index in [4.69, 9.17) is 0 Å². The molecule has 0 bridgehead atoms. The molecule has 3 heterocycles. The summed E-state index contributed by atoms with van der Waals surface area (Å²) in [5.41, 5.74) is 2.83. The Kier molecular flexibility index (Phi) is 5.05. The maximum Gasteiger partial charge on any atom is 0.274 e. The molecule has 0 aliphatic carbocycles. The lowest BCUT2D eigenvalue weighted by Gasteiger charge is -2.19. The first-order valence-electron chi connectivity index (χ1n) is 10.8. The average molecular weight is 405 g/mol. The van der Waals surface area contributed by atoms with E-state index in [-0.39, 0.29) is 12.0 Å². The molecule has 2 aliphatic rings. The van der Waals surface area contributed by atoms with Crippen molar-refractivity contribution < 1.29 is 9.90 Å². The van der Waals surface area contributed by atoms with Gasteiger partial charge in [-0.15, -0.1) is 0 Å². The average Bonchev–Trinajstić information content (AvgIpc) is 3.48. The standard InChI is InChI=1S/C24H28N4O2/c1-26-13-19(14-27-11-10-20(29)16-27)23(25-26)24(30)28-12-9-18(15-28)22-8-4-6-17-5-2-3-7-21(17)22/h2-8,13,18,20,29H,9-12,14-16H2,1H3. The molecule has 2 aliphatic heterocycles. The van der Waals surface area contributed by atoms with Crippen LogP contribution in [0.5, 0.6) is 0 Å². The van der Waals surface area contributed by atoms with Gasteiger partial charge in [0.25, 0.3) is 5.91 Å². The van der Waals surface area contributed by atoms with Crippen LogP contribution in [0.25, 0.3) is 10.8 Å². The molecule has 0 radical (unpaired) electrons. The van der Waals surface area contributed by atoms with Crippen LogP contribution in [-0.4, -0.2) is 62.9 Å². The number of aryl methyl sites for hydroxylation is 1. The summed E-state index contributed by atoms with van der Waals surface area (Å²) in [4.78, 5) is 17.5. The highest BCUT2D eigenvalue weighted by atomic mass is 16.3. The normalized spacial score (nSPS) is 22.3. The summed E-state index contributed by atoms with van der Waals surface area (Å²) in [5, 5.41) is 16.8. The molecule has 2 atom stereocenters. The lowest BCUT2D eigenvalue weighted by Crippen LogP contribution is -2.30.